The van der Waals surface area contributed by atoms with Gasteiger partial charge in [-0.25, -0.2) is 0 Å². The van der Waals surface area contributed by atoms with Crippen molar-refractivity contribution < 1.29 is 4.74 Å². The number of aliphatic imine (C=N–C) groups is 1. The Bertz CT molecular complexity index is 946. The van der Waals surface area contributed by atoms with Crippen LogP contribution < -0.4 is 15.4 Å². The quantitative estimate of drug-likeness (QED) is 0.239. The Kier molecular flexibility index (Phi) is 8.10. The van der Waals surface area contributed by atoms with Gasteiger partial charge in [-0.2, -0.15) is 5.10 Å². The third-order valence-electron chi connectivity index (χ3n) is 4.72. The van der Waals surface area contributed by atoms with Crippen molar-refractivity contribution in [3.05, 3.63) is 59.4 Å². The minimum Gasteiger partial charge on any atom is -0.491 e. The largest absolute Gasteiger partial charge is 0.491 e. The summed E-state index contributed by atoms with van der Waals surface area (Å²) in [7, 11) is 3.73. The first-order chi connectivity index (χ1) is 13.1. The highest BCUT2D eigenvalue weighted by atomic mass is 127. The van der Waals surface area contributed by atoms with E-state index >= 15 is 0 Å². The zero-order valence-corrected chi connectivity index (χ0v) is 19.2. The number of guanidine groups is 1. The van der Waals surface area contributed by atoms with Crippen LogP contribution in [0.25, 0.3) is 10.8 Å². The van der Waals surface area contributed by atoms with E-state index in [1.54, 1.807) is 7.05 Å². The summed E-state index contributed by atoms with van der Waals surface area (Å²) in [5.74, 6) is 1.65. The molecule has 0 aliphatic heterocycles. The number of benzene rings is 2. The van der Waals surface area contributed by atoms with E-state index in [0.717, 1.165) is 28.5 Å². The molecule has 1 heterocycles. The van der Waals surface area contributed by atoms with Gasteiger partial charge >= 0.3 is 0 Å². The second-order valence-electron chi connectivity index (χ2n) is 6.45. The third kappa shape index (κ3) is 5.15. The van der Waals surface area contributed by atoms with Crippen molar-refractivity contribution >= 4 is 40.7 Å². The summed E-state index contributed by atoms with van der Waals surface area (Å²) in [5.41, 5.74) is 3.40. The molecule has 0 saturated heterocycles. The summed E-state index contributed by atoms with van der Waals surface area (Å²) in [4.78, 5) is 4.28. The molecule has 6 nitrogen and oxygen atoms in total. The Morgan fingerprint density at radius 2 is 1.86 bits per heavy atom. The van der Waals surface area contributed by atoms with Gasteiger partial charge in [-0.1, -0.05) is 36.4 Å². The van der Waals surface area contributed by atoms with Crippen LogP contribution in [0.1, 0.15) is 17.0 Å². The average molecular weight is 493 g/mol. The number of hydrogen-bond acceptors (Lipinski definition) is 3. The molecular weight excluding hydrogens is 465 g/mol. The van der Waals surface area contributed by atoms with Crippen LogP contribution >= 0.6 is 24.0 Å². The molecule has 2 N–H and O–H groups in total. The van der Waals surface area contributed by atoms with Gasteiger partial charge < -0.3 is 15.4 Å². The van der Waals surface area contributed by atoms with Gasteiger partial charge in [0.1, 0.15) is 12.4 Å². The Morgan fingerprint density at radius 1 is 1.11 bits per heavy atom. The van der Waals surface area contributed by atoms with Crippen LogP contribution in [0.15, 0.2) is 47.5 Å². The molecule has 28 heavy (non-hydrogen) atoms. The van der Waals surface area contributed by atoms with Crippen molar-refractivity contribution in [2.24, 2.45) is 12.0 Å². The highest BCUT2D eigenvalue weighted by molar-refractivity contribution is 14.0. The van der Waals surface area contributed by atoms with E-state index in [4.69, 9.17) is 4.74 Å². The van der Waals surface area contributed by atoms with Crippen LogP contribution in [0, 0.1) is 13.8 Å². The molecule has 3 rings (SSSR count). The van der Waals surface area contributed by atoms with Crippen molar-refractivity contribution in [2.75, 3.05) is 20.2 Å². The van der Waals surface area contributed by atoms with Crippen LogP contribution in [0.5, 0.6) is 5.75 Å². The fourth-order valence-electron chi connectivity index (χ4n) is 3.12. The van der Waals surface area contributed by atoms with E-state index in [0.29, 0.717) is 19.7 Å². The zero-order valence-electron chi connectivity index (χ0n) is 16.8. The molecular formula is C21H28IN5O. The monoisotopic (exact) mass is 493 g/mol. The number of fused-ring (bicyclic) bond motifs is 1. The van der Waals surface area contributed by atoms with E-state index in [1.165, 1.54) is 10.9 Å². The maximum absolute atomic E-state index is 5.96. The van der Waals surface area contributed by atoms with Gasteiger partial charge in [-0.3, -0.25) is 9.67 Å². The van der Waals surface area contributed by atoms with Crippen LogP contribution in [-0.4, -0.2) is 35.9 Å². The number of aromatic nitrogens is 2. The molecule has 0 aliphatic rings. The topological polar surface area (TPSA) is 63.5 Å². The first kappa shape index (κ1) is 22.0. The van der Waals surface area contributed by atoms with E-state index in [9.17, 15) is 0 Å². The van der Waals surface area contributed by atoms with Gasteiger partial charge in [0, 0.05) is 37.3 Å². The molecule has 0 aliphatic carbocycles. The number of rotatable bonds is 6. The molecule has 3 aromatic rings. The van der Waals surface area contributed by atoms with Gasteiger partial charge in [0.2, 0.25) is 0 Å². The number of halogens is 1. The highest BCUT2D eigenvalue weighted by Gasteiger charge is 2.09. The Morgan fingerprint density at radius 3 is 2.57 bits per heavy atom. The van der Waals surface area contributed by atoms with Crippen molar-refractivity contribution in [3.8, 4) is 5.75 Å². The summed E-state index contributed by atoms with van der Waals surface area (Å²) in [6, 6.07) is 14.4. The lowest BCUT2D eigenvalue weighted by Crippen LogP contribution is -2.39. The molecule has 0 atom stereocenters. The molecule has 7 heteroatoms. The summed E-state index contributed by atoms with van der Waals surface area (Å²) >= 11 is 0. The smallest absolute Gasteiger partial charge is 0.191 e. The Balaban J connectivity index is 0.00000280. The van der Waals surface area contributed by atoms with E-state index in [-0.39, 0.29) is 24.0 Å². The first-order valence-electron chi connectivity index (χ1n) is 9.14. The van der Waals surface area contributed by atoms with Crippen LogP contribution in [0.3, 0.4) is 0 Å². The molecule has 0 fully saturated rings. The number of hydrogen-bond donors (Lipinski definition) is 2. The van der Waals surface area contributed by atoms with Crippen molar-refractivity contribution in [1.82, 2.24) is 20.4 Å². The molecule has 0 unspecified atom stereocenters. The van der Waals surface area contributed by atoms with Crippen molar-refractivity contribution in [2.45, 2.75) is 20.4 Å². The molecule has 2 aromatic carbocycles. The van der Waals surface area contributed by atoms with Gasteiger partial charge in [0.05, 0.1) is 12.2 Å². The normalized spacial score (nSPS) is 11.2. The standard InChI is InChI=1S/C21H27N5O.HI/c1-15-19(16(2)26(4)25-15)14-24-21(22-3)23-12-13-27-20-11-7-9-17-8-5-6-10-18(17)20;/h5-11H,12-14H2,1-4H3,(H2,22,23,24);1H. The molecule has 0 radical (unpaired) electrons. The number of nitrogens with one attached hydrogen (secondary N) is 2. The Labute approximate surface area is 183 Å². The maximum Gasteiger partial charge on any atom is 0.191 e. The predicted molar refractivity (Wildman–Crippen MR) is 126 cm³/mol. The number of aryl methyl sites for hydroxylation is 2. The summed E-state index contributed by atoms with van der Waals surface area (Å²) in [6.07, 6.45) is 0. The minimum absolute atomic E-state index is 0. The van der Waals surface area contributed by atoms with E-state index in [1.807, 2.05) is 42.9 Å². The highest BCUT2D eigenvalue weighted by Crippen LogP contribution is 2.24. The molecule has 150 valence electrons. The average Bonchev–Trinajstić information content (AvgIpc) is 2.93. The predicted octanol–water partition coefficient (Wildman–Crippen LogP) is 3.55. The molecule has 0 bridgehead atoms. The van der Waals surface area contributed by atoms with Gasteiger partial charge in [-0.15, -0.1) is 24.0 Å². The lowest BCUT2D eigenvalue weighted by molar-refractivity contribution is 0.325. The van der Waals surface area contributed by atoms with Crippen LogP contribution in [0.4, 0.5) is 0 Å². The summed E-state index contributed by atoms with van der Waals surface area (Å²) in [6.45, 7) is 6.01. The van der Waals surface area contributed by atoms with Crippen LogP contribution in [0.2, 0.25) is 0 Å². The molecule has 0 amide bonds. The van der Waals surface area contributed by atoms with Gasteiger partial charge in [0.25, 0.3) is 0 Å². The second kappa shape index (κ2) is 10.3. The molecule has 1 aromatic heterocycles. The maximum atomic E-state index is 5.96. The van der Waals surface area contributed by atoms with E-state index in [2.05, 4.69) is 45.8 Å². The second-order valence-corrected chi connectivity index (χ2v) is 6.45. The minimum atomic E-state index is 0. The summed E-state index contributed by atoms with van der Waals surface area (Å²) < 4.78 is 7.86. The fourth-order valence-corrected chi connectivity index (χ4v) is 3.12. The molecule has 0 saturated carbocycles. The fraction of sp³-hybridized carbons (Fsp3) is 0.333. The third-order valence-corrected chi connectivity index (χ3v) is 4.72. The zero-order chi connectivity index (χ0) is 19.2. The van der Waals surface area contributed by atoms with Crippen molar-refractivity contribution in [1.29, 1.82) is 0 Å². The van der Waals surface area contributed by atoms with Crippen molar-refractivity contribution in [3.63, 3.8) is 0 Å². The van der Waals surface area contributed by atoms with Crippen LogP contribution in [-0.2, 0) is 13.6 Å². The van der Waals surface area contributed by atoms with Gasteiger partial charge in [0.15, 0.2) is 5.96 Å². The number of ether oxygens (including phenoxy) is 1. The van der Waals surface area contributed by atoms with E-state index < -0.39 is 0 Å². The summed E-state index contributed by atoms with van der Waals surface area (Å²) in [5, 5.41) is 13.4. The lowest BCUT2D eigenvalue weighted by Gasteiger charge is -2.13. The lowest BCUT2D eigenvalue weighted by atomic mass is 10.1. The SMILES string of the molecule is CN=C(NCCOc1cccc2ccccc12)NCc1c(C)nn(C)c1C.I. The van der Waals surface area contributed by atoms with Gasteiger partial charge in [-0.05, 0) is 25.3 Å². The Hall–Kier alpha value is -2.29. The number of nitrogens with zero attached hydrogens (tertiary/aromatic N) is 3. The molecule has 0 spiro atoms. The first-order valence-corrected chi connectivity index (χ1v) is 9.14.